The molecule has 1 aromatic heterocycles. The highest BCUT2D eigenvalue weighted by atomic mass is 16.2. The molecule has 1 fully saturated rings. The first-order chi connectivity index (χ1) is 8.77. The molecule has 1 amide bonds. The normalized spacial score (nSPS) is 17.5. The van der Waals surface area contributed by atoms with Crippen LogP contribution in [0.5, 0.6) is 0 Å². The van der Waals surface area contributed by atoms with Crippen molar-refractivity contribution in [3.63, 3.8) is 0 Å². The Morgan fingerprint density at radius 3 is 2.67 bits per heavy atom. The number of hydrogen-bond donors (Lipinski definition) is 1. The van der Waals surface area contributed by atoms with Gasteiger partial charge in [0.2, 0.25) is 5.91 Å². The summed E-state index contributed by atoms with van der Waals surface area (Å²) >= 11 is 0. The Labute approximate surface area is 108 Å². The molecule has 18 heavy (non-hydrogen) atoms. The predicted octanol–water partition coefficient (Wildman–Crippen LogP) is 1.57. The fourth-order valence-electron chi connectivity index (χ4n) is 2.25. The number of carbonyl (C=O) groups is 1. The Bertz CT molecular complexity index is 374. The van der Waals surface area contributed by atoms with Crippen LogP contribution in [0.25, 0.3) is 0 Å². The van der Waals surface area contributed by atoms with E-state index in [4.69, 9.17) is 0 Å². The number of likely N-dealkylation sites (tertiary alicyclic amines) is 1. The molecule has 98 valence electrons. The predicted molar refractivity (Wildman–Crippen MR) is 71.0 cm³/mol. The Morgan fingerprint density at radius 1 is 1.33 bits per heavy atom. The molecule has 4 heteroatoms. The number of nitrogens with one attached hydrogen (secondary N) is 1. The van der Waals surface area contributed by atoms with Gasteiger partial charge in [-0.25, -0.2) is 0 Å². The quantitative estimate of drug-likeness (QED) is 0.878. The van der Waals surface area contributed by atoms with E-state index < -0.39 is 0 Å². The zero-order valence-electron chi connectivity index (χ0n) is 10.9. The maximum Gasteiger partial charge on any atom is 0.239 e. The summed E-state index contributed by atoms with van der Waals surface area (Å²) in [7, 11) is 0. The second-order valence-corrected chi connectivity index (χ2v) is 4.84. The Balaban J connectivity index is 1.80. The molecule has 2 rings (SSSR count). The molecule has 1 atom stereocenters. The van der Waals surface area contributed by atoms with E-state index in [1.165, 1.54) is 6.42 Å². The molecular weight excluding hydrogens is 226 g/mol. The van der Waals surface area contributed by atoms with Gasteiger partial charge in [-0.05, 0) is 43.9 Å². The van der Waals surface area contributed by atoms with Gasteiger partial charge in [0.25, 0.3) is 0 Å². The van der Waals surface area contributed by atoms with Crippen molar-refractivity contribution in [3.05, 3.63) is 30.1 Å². The number of piperidine rings is 1. The first-order valence-corrected chi connectivity index (χ1v) is 6.68. The van der Waals surface area contributed by atoms with Crippen molar-refractivity contribution in [2.45, 2.75) is 38.8 Å². The van der Waals surface area contributed by atoms with Gasteiger partial charge in [0, 0.05) is 32.0 Å². The average Bonchev–Trinajstić information content (AvgIpc) is 2.46. The molecule has 0 aliphatic carbocycles. The zero-order chi connectivity index (χ0) is 12.8. The monoisotopic (exact) mass is 247 g/mol. The van der Waals surface area contributed by atoms with Crippen molar-refractivity contribution in [2.24, 2.45) is 0 Å². The summed E-state index contributed by atoms with van der Waals surface area (Å²) in [5, 5.41) is 3.28. The lowest BCUT2D eigenvalue weighted by Crippen LogP contribution is -2.46. The largest absolute Gasteiger partial charge is 0.341 e. The second-order valence-electron chi connectivity index (χ2n) is 4.84. The number of nitrogens with zero attached hydrogens (tertiary/aromatic N) is 2. The first kappa shape index (κ1) is 13.0. The highest BCUT2D eigenvalue weighted by Crippen LogP contribution is 2.10. The van der Waals surface area contributed by atoms with Gasteiger partial charge < -0.3 is 10.2 Å². The van der Waals surface area contributed by atoms with Gasteiger partial charge in [-0.2, -0.15) is 0 Å². The fraction of sp³-hybridized carbons (Fsp3) is 0.571. The fourth-order valence-corrected chi connectivity index (χ4v) is 2.25. The molecule has 1 aliphatic rings. The molecule has 1 aromatic rings. The lowest BCUT2D eigenvalue weighted by molar-refractivity contribution is -0.133. The van der Waals surface area contributed by atoms with Crippen molar-refractivity contribution in [2.75, 3.05) is 13.1 Å². The number of amides is 1. The molecule has 1 aliphatic heterocycles. The van der Waals surface area contributed by atoms with Crippen molar-refractivity contribution in [1.29, 1.82) is 0 Å². The van der Waals surface area contributed by atoms with Crippen LogP contribution in [-0.4, -0.2) is 34.9 Å². The van der Waals surface area contributed by atoms with E-state index in [9.17, 15) is 4.79 Å². The average molecular weight is 247 g/mol. The van der Waals surface area contributed by atoms with Crippen molar-refractivity contribution < 1.29 is 4.79 Å². The van der Waals surface area contributed by atoms with E-state index in [1.54, 1.807) is 12.4 Å². The molecule has 1 N–H and O–H groups in total. The Morgan fingerprint density at radius 2 is 2.00 bits per heavy atom. The minimum absolute atomic E-state index is 0.115. The van der Waals surface area contributed by atoms with Crippen LogP contribution in [0.1, 0.15) is 31.7 Å². The number of hydrogen-bond acceptors (Lipinski definition) is 3. The molecule has 0 aromatic carbocycles. The third-order valence-electron chi connectivity index (χ3n) is 3.40. The third kappa shape index (κ3) is 3.53. The molecule has 2 heterocycles. The van der Waals surface area contributed by atoms with Crippen LogP contribution in [0.4, 0.5) is 0 Å². The van der Waals surface area contributed by atoms with Crippen LogP contribution in [-0.2, 0) is 11.3 Å². The van der Waals surface area contributed by atoms with E-state index in [-0.39, 0.29) is 11.9 Å². The molecule has 0 saturated carbocycles. The van der Waals surface area contributed by atoms with Gasteiger partial charge in [0.15, 0.2) is 0 Å². The molecule has 1 unspecified atom stereocenters. The smallest absolute Gasteiger partial charge is 0.239 e. The van der Waals surface area contributed by atoms with Crippen LogP contribution in [0.3, 0.4) is 0 Å². The highest BCUT2D eigenvalue weighted by molar-refractivity contribution is 5.81. The minimum Gasteiger partial charge on any atom is -0.341 e. The van der Waals surface area contributed by atoms with E-state index in [0.717, 1.165) is 31.5 Å². The summed E-state index contributed by atoms with van der Waals surface area (Å²) < 4.78 is 0. The van der Waals surface area contributed by atoms with Crippen LogP contribution in [0.2, 0.25) is 0 Å². The van der Waals surface area contributed by atoms with Gasteiger partial charge in [-0.3, -0.25) is 9.78 Å². The van der Waals surface area contributed by atoms with Crippen LogP contribution in [0.15, 0.2) is 24.5 Å². The number of aromatic nitrogens is 1. The second kappa shape index (κ2) is 6.50. The summed E-state index contributed by atoms with van der Waals surface area (Å²) in [5.74, 6) is 0.226. The molecule has 1 saturated heterocycles. The number of carbonyl (C=O) groups excluding carboxylic acids is 1. The first-order valence-electron chi connectivity index (χ1n) is 6.68. The highest BCUT2D eigenvalue weighted by Gasteiger charge is 2.21. The third-order valence-corrected chi connectivity index (χ3v) is 3.40. The van der Waals surface area contributed by atoms with Gasteiger partial charge in [0.05, 0.1) is 6.04 Å². The maximum absolute atomic E-state index is 12.2. The van der Waals surface area contributed by atoms with Gasteiger partial charge in [-0.15, -0.1) is 0 Å². The van der Waals surface area contributed by atoms with Gasteiger partial charge >= 0.3 is 0 Å². The number of rotatable bonds is 4. The molecular formula is C14H21N3O. The summed E-state index contributed by atoms with van der Waals surface area (Å²) in [4.78, 5) is 18.1. The van der Waals surface area contributed by atoms with Gasteiger partial charge in [-0.1, -0.05) is 0 Å². The molecule has 4 nitrogen and oxygen atoms in total. The maximum atomic E-state index is 12.2. The summed E-state index contributed by atoms with van der Waals surface area (Å²) in [5.41, 5.74) is 1.16. The Kier molecular flexibility index (Phi) is 4.70. The molecule has 0 bridgehead atoms. The SMILES string of the molecule is CC(NCc1ccncc1)C(=O)N1CCCCC1. The molecule has 0 radical (unpaired) electrons. The van der Waals surface area contributed by atoms with E-state index >= 15 is 0 Å². The summed E-state index contributed by atoms with van der Waals surface area (Å²) in [6, 6.07) is 3.81. The summed E-state index contributed by atoms with van der Waals surface area (Å²) in [6.45, 7) is 4.49. The van der Waals surface area contributed by atoms with Crippen molar-refractivity contribution >= 4 is 5.91 Å². The minimum atomic E-state index is -0.115. The lowest BCUT2D eigenvalue weighted by atomic mass is 10.1. The lowest BCUT2D eigenvalue weighted by Gasteiger charge is -2.29. The summed E-state index contributed by atoms with van der Waals surface area (Å²) in [6.07, 6.45) is 7.08. The van der Waals surface area contributed by atoms with E-state index in [1.807, 2.05) is 24.0 Å². The van der Waals surface area contributed by atoms with Crippen molar-refractivity contribution in [1.82, 2.24) is 15.2 Å². The number of pyridine rings is 1. The van der Waals surface area contributed by atoms with Gasteiger partial charge in [0.1, 0.15) is 0 Å². The van der Waals surface area contributed by atoms with Crippen LogP contribution in [0, 0.1) is 0 Å². The van der Waals surface area contributed by atoms with Crippen LogP contribution >= 0.6 is 0 Å². The van der Waals surface area contributed by atoms with Crippen LogP contribution < -0.4 is 5.32 Å². The topological polar surface area (TPSA) is 45.2 Å². The zero-order valence-corrected chi connectivity index (χ0v) is 10.9. The Hall–Kier alpha value is -1.42. The van der Waals surface area contributed by atoms with Crippen molar-refractivity contribution in [3.8, 4) is 0 Å². The van der Waals surface area contributed by atoms with E-state index in [2.05, 4.69) is 10.3 Å². The molecule has 0 spiro atoms. The standard InChI is InChI=1S/C14H21N3O/c1-12(14(18)17-9-3-2-4-10-17)16-11-13-5-7-15-8-6-13/h5-8,12,16H,2-4,9-11H2,1H3. The van der Waals surface area contributed by atoms with E-state index in [0.29, 0.717) is 6.54 Å².